The Balaban J connectivity index is 1.94. The Morgan fingerprint density at radius 2 is 2.10 bits per heavy atom. The average molecular weight is 302 g/mol. The fraction of sp³-hybridized carbons (Fsp3) is 0.375. The minimum absolute atomic E-state index is 0.110. The lowest BCUT2D eigenvalue weighted by molar-refractivity contribution is 0.693. The van der Waals surface area contributed by atoms with E-state index in [1.54, 1.807) is 5.01 Å². The second kappa shape index (κ2) is 7.78. The first kappa shape index (κ1) is 15.5. The molecule has 112 valence electrons. The fourth-order valence-electron chi connectivity index (χ4n) is 2.13. The number of amidine groups is 1. The summed E-state index contributed by atoms with van der Waals surface area (Å²) in [6.07, 6.45) is 7.44. The van der Waals surface area contributed by atoms with Crippen LogP contribution in [0.5, 0.6) is 0 Å². The number of nitrogens with two attached hydrogens (primary N) is 1. The molecule has 1 aromatic carbocycles. The quantitative estimate of drug-likeness (QED) is 0.626. The van der Waals surface area contributed by atoms with E-state index >= 15 is 0 Å². The van der Waals surface area contributed by atoms with Gasteiger partial charge in [-0.25, -0.2) is 5.01 Å². The smallest absolute Gasteiger partial charge is 0.134 e. The number of benzene rings is 1. The number of hydrogen-bond donors (Lipinski definition) is 2. The lowest BCUT2D eigenvalue weighted by Gasteiger charge is -2.24. The van der Waals surface area contributed by atoms with Gasteiger partial charge in [0.2, 0.25) is 0 Å². The number of para-hydroxylation sites is 1. The standard InChI is InChI=1S/C16H22N4S/c1-2-3-7-11-18-16(21)14-10-12-20(19-15(14)17)13-8-5-4-6-9-13/h4-6,8-10,12,14H,2-3,7,11H2,1H3,(H2,17,19)(H,18,21). The van der Waals surface area contributed by atoms with E-state index in [-0.39, 0.29) is 5.92 Å². The van der Waals surface area contributed by atoms with E-state index in [2.05, 4.69) is 17.3 Å². The first-order chi connectivity index (χ1) is 10.2. The molecule has 0 amide bonds. The molecule has 0 radical (unpaired) electrons. The van der Waals surface area contributed by atoms with Crippen molar-refractivity contribution in [2.24, 2.45) is 16.8 Å². The van der Waals surface area contributed by atoms with Gasteiger partial charge in [0.1, 0.15) is 5.84 Å². The van der Waals surface area contributed by atoms with Crippen LogP contribution < -0.4 is 16.1 Å². The number of nitrogens with zero attached hydrogens (tertiary/aromatic N) is 2. The van der Waals surface area contributed by atoms with E-state index in [0.717, 1.165) is 23.6 Å². The van der Waals surface area contributed by atoms with Gasteiger partial charge in [-0.3, -0.25) is 0 Å². The van der Waals surface area contributed by atoms with Crippen molar-refractivity contribution in [2.75, 3.05) is 11.6 Å². The summed E-state index contributed by atoms with van der Waals surface area (Å²) in [5.74, 6) is 0.413. The molecule has 1 aliphatic rings. The topological polar surface area (TPSA) is 53.6 Å². The van der Waals surface area contributed by atoms with Crippen LogP contribution in [0.2, 0.25) is 0 Å². The highest BCUT2D eigenvalue weighted by Crippen LogP contribution is 2.19. The van der Waals surface area contributed by atoms with Gasteiger partial charge in [0.15, 0.2) is 0 Å². The normalized spacial score (nSPS) is 17.5. The summed E-state index contributed by atoms with van der Waals surface area (Å²) < 4.78 is 0. The SMILES string of the molecule is CCCCCNC(=S)C1C=CN(c2ccccc2)N=C1N. The molecule has 0 bridgehead atoms. The van der Waals surface area contributed by atoms with Crippen molar-refractivity contribution in [1.29, 1.82) is 0 Å². The van der Waals surface area contributed by atoms with Gasteiger partial charge in [-0.1, -0.05) is 50.2 Å². The number of anilines is 1. The van der Waals surface area contributed by atoms with Gasteiger partial charge in [0.05, 0.1) is 16.6 Å². The molecule has 5 heteroatoms. The zero-order chi connectivity index (χ0) is 15.1. The predicted molar refractivity (Wildman–Crippen MR) is 93.3 cm³/mol. The number of thiocarbonyl (C=S) groups is 1. The molecule has 1 atom stereocenters. The fourth-order valence-corrected chi connectivity index (χ4v) is 2.43. The minimum atomic E-state index is -0.110. The summed E-state index contributed by atoms with van der Waals surface area (Å²) in [6.45, 7) is 3.08. The van der Waals surface area contributed by atoms with Crippen LogP contribution in [0.4, 0.5) is 5.69 Å². The molecule has 21 heavy (non-hydrogen) atoms. The molecule has 1 aromatic rings. The van der Waals surface area contributed by atoms with Crippen molar-refractivity contribution >= 4 is 28.7 Å². The summed E-state index contributed by atoms with van der Waals surface area (Å²) in [7, 11) is 0. The van der Waals surface area contributed by atoms with Crippen LogP contribution in [0, 0.1) is 5.92 Å². The highest BCUT2D eigenvalue weighted by molar-refractivity contribution is 7.80. The van der Waals surface area contributed by atoms with Crippen molar-refractivity contribution in [1.82, 2.24) is 5.32 Å². The summed E-state index contributed by atoms with van der Waals surface area (Å²) in [4.78, 5) is 0.747. The maximum atomic E-state index is 6.07. The van der Waals surface area contributed by atoms with Crippen molar-refractivity contribution in [3.05, 3.63) is 42.6 Å². The van der Waals surface area contributed by atoms with Crippen LogP contribution in [0.3, 0.4) is 0 Å². The lowest BCUT2D eigenvalue weighted by atomic mass is 10.1. The van der Waals surface area contributed by atoms with Crippen molar-refractivity contribution in [3.63, 3.8) is 0 Å². The molecule has 1 heterocycles. The lowest BCUT2D eigenvalue weighted by Crippen LogP contribution is -2.40. The van der Waals surface area contributed by atoms with Crippen LogP contribution in [0.15, 0.2) is 47.7 Å². The second-order valence-electron chi connectivity index (χ2n) is 5.02. The Kier molecular flexibility index (Phi) is 5.75. The Morgan fingerprint density at radius 3 is 2.76 bits per heavy atom. The molecule has 0 saturated carbocycles. The van der Waals surface area contributed by atoms with Gasteiger partial charge in [-0.2, -0.15) is 5.10 Å². The molecule has 3 N–H and O–H groups in total. The maximum Gasteiger partial charge on any atom is 0.134 e. The molecule has 1 aliphatic heterocycles. The van der Waals surface area contributed by atoms with E-state index in [9.17, 15) is 0 Å². The molecule has 0 spiro atoms. The zero-order valence-corrected chi connectivity index (χ0v) is 13.1. The minimum Gasteiger partial charge on any atom is -0.385 e. The Labute approximate surface area is 131 Å². The summed E-state index contributed by atoms with van der Waals surface area (Å²) in [5.41, 5.74) is 7.05. The van der Waals surface area contributed by atoms with Crippen LogP contribution >= 0.6 is 12.2 Å². The van der Waals surface area contributed by atoms with Crippen molar-refractivity contribution in [3.8, 4) is 0 Å². The first-order valence-electron chi connectivity index (χ1n) is 7.36. The predicted octanol–water partition coefficient (Wildman–Crippen LogP) is 3.02. The summed E-state index contributed by atoms with van der Waals surface area (Å²) >= 11 is 5.41. The van der Waals surface area contributed by atoms with Crippen LogP contribution in [-0.2, 0) is 0 Å². The van der Waals surface area contributed by atoms with E-state index in [4.69, 9.17) is 18.0 Å². The first-order valence-corrected chi connectivity index (χ1v) is 7.77. The van der Waals surface area contributed by atoms with Crippen LogP contribution in [0.1, 0.15) is 26.2 Å². The number of unbranched alkanes of at least 4 members (excludes halogenated alkanes) is 2. The molecule has 1 unspecified atom stereocenters. The van der Waals surface area contributed by atoms with Crippen molar-refractivity contribution in [2.45, 2.75) is 26.2 Å². The third-order valence-electron chi connectivity index (χ3n) is 3.34. The highest BCUT2D eigenvalue weighted by atomic mass is 32.1. The van der Waals surface area contributed by atoms with Crippen molar-refractivity contribution < 1.29 is 0 Å². The number of hydrazone groups is 1. The van der Waals surface area contributed by atoms with Gasteiger partial charge >= 0.3 is 0 Å². The van der Waals surface area contributed by atoms with E-state index in [1.165, 1.54) is 12.8 Å². The second-order valence-corrected chi connectivity index (χ2v) is 5.46. The van der Waals surface area contributed by atoms with E-state index in [1.807, 2.05) is 42.6 Å². The van der Waals surface area contributed by atoms with Gasteiger partial charge in [-0.15, -0.1) is 0 Å². The zero-order valence-electron chi connectivity index (χ0n) is 12.3. The van der Waals surface area contributed by atoms with Gasteiger partial charge in [0, 0.05) is 12.7 Å². The average Bonchev–Trinajstić information content (AvgIpc) is 2.52. The number of hydrogen-bond acceptors (Lipinski definition) is 4. The largest absolute Gasteiger partial charge is 0.385 e. The molecule has 0 aliphatic carbocycles. The Bertz CT molecular complexity index is 524. The molecule has 2 rings (SSSR count). The number of nitrogens with one attached hydrogen (secondary N) is 1. The monoisotopic (exact) mass is 302 g/mol. The van der Waals surface area contributed by atoms with Gasteiger partial charge < -0.3 is 11.1 Å². The van der Waals surface area contributed by atoms with Gasteiger partial charge in [0.25, 0.3) is 0 Å². The molecule has 0 aromatic heterocycles. The summed E-state index contributed by atoms with van der Waals surface area (Å²) in [5, 5.41) is 9.46. The molecule has 0 saturated heterocycles. The van der Waals surface area contributed by atoms with E-state index < -0.39 is 0 Å². The summed E-state index contributed by atoms with van der Waals surface area (Å²) in [6, 6.07) is 9.90. The Hall–Kier alpha value is -1.88. The third-order valence-corrected chi connectivity index (χ3v) is 3.74. The molecular formula is C16H22N4S. The molecular weight excluding hydrogens is 280 g/mol. The Morgan fingerprint density at radius 1 is 1.33 bits per heavy atom. The van der Waals surface area contributed by atoms with Crippen LogP contribution in [0.25, 0.3) is 0 Å². The highest BCUT2D eigenvalue weighted by Gasteiger charge is 2.20. The number of rotatable bonds is 6. The molecule has 0 fully saturated rings. The van der Waals surface area contributed by atoms with Gasteiger partial charge in [-0.05, 0) is 24.6 Å². The molecule has 4 nitrogen and oxygen atoms in total. The van der Waals surface area contributed by atoms with Crippen LogP contribution in [-0.4, -0.2) is 17.4 Å². The third kappa shape index (κ3) is 4.29. The van der Waals surface area contributed by atoms with E-state index in [0.29, 0.717) is 5.84 Å². The maximum absolute atomic E-state index is 6.07.